The molecule has 0 radical (unpaired) electrons. The molecule has 0 aliphatic carbocycles. The lowest BCUT2D eigenvalue weighted by Gasteiger charge is -2.01. The van der Waals surface area contributed by atoms with Crippen molar-refractivity contribution in [2.24, 2.45) is 0 Å². The highest BCUT2D eigenvalue weighted by atomic mass is 16.4. The van der Waals surface area contributed by atoms with E-state index < -0.39 is 11.9 Å². The molecular formula is C19H18O5. The molecule has 124 valence electrons. The molecule has 0 aliphatic heterocycles. The number of carbonyl (C=O) groups is 3. The summed E-state index contributed by atoms with van der Waals surface area (Å²) in [5, 5.41) is 17.3. The Hall–Kier alpha value is -3.21. The Kier molecular flexibility index (Phi) is 7.10. The van der Waals surface area contributed by atoms with Crippen molar-refractivity contribution in [3.05, 3.63) is 82.9 Å². The minimum Gasteiger partial charge on any atom is -0.478 e. The molecule has 2 aromatic carbocycles. The number of aryl methyl sites for hydroxylation is 1. The van der Waals surface area contributed by atoms with Gasteiger partial charge in [-0.25, -0.2) is 9.59 Å². The first-order chi connectivity index (χ1) is 11.4. The van der Waals surface area contributed by atoms with E-state index in [1.54, 1.807) is 19.1 Å². The van der Waals surface area contributed by atoms with Gasteiger partial charge < -0.3 is 10.2 Å². The van der Waals surface area contributed by atoms with Gasteiger partial charge in [0.1, 0.15) is 0 Å². The number of carbonyl (C=O) groups excluding carboxylic acids is 1. The predicted molar refractivity (Wildman–Crippen MR) is 90.7 cm³/mol. The molecule has 0 aromatic heterocycles. The average molecular weight is 326 g/mol. The van der Waals surface area contributed by atoms with E-state index in [2.05, 4.69) is 0 Å². The first-order valence-electron chi connectivity index (χ1n) is 7.16. The minimum absolute atomic E-state index is 0.0111. The molecule has 0 saturated heterocycles. The number of aromatic carboxylic acids is 2. The number of allylic oxidation sites excluding steroid dienone is 2. The molecule has 2 aromatic rings. The molecule has 0 unspecified atom stereocenters. The van der Waals surface area contributed by atoms with Crippen LogP contribution in [0.2, 0.25) is 0 Å². The number of benzene rings is 2. The van der Waals surface area contributed by atoms with Gasteiger partial charge in [0.15, 0.2) is 5.78 Å². The van der Waals surface area contributed by atoms with Gasteiger partial charge in [-0.2, -0.15) is 0 Å². The van der Waals surface area contributed by atoms with Crippen molar-refractivity contribution in [3.8, 4) is 0 Å². The van der Waals surface area contributed by atoms with Crippen LogP contribution in [0.4, 0.5) is 0 Å². The van der Waals surface area contributed by atoms with Gasteiger partial charge in [-0.3, -0.25) is 4.79 Å². The normalized spacial score (nSPS) is 9.92. The number of rotatable bonds is 4. The Morgan fingerprint density at radius 1 is 0.875 bits per heavy atom. The number of ketones is 1. The van der Waals surface area contributed by atoms with Crippen LogP contribution in [0.3, 0.4) is 0 Å². The van der Waals surface area contributed by atoms with Crippen LogP contribution in [0.5, 0.6) is 0 Å². The molecule has 0 atom stereocenters. The van der Waals surface area contributed by atoms with Gasteiger partial charge in [0, 0.05) is 5.56 Å². The molecule has 2 rings (SSSR count). The molecule has 0 bridgehead atoms. The highest BCUT2D eigenvalue weighted by molar-refractivity contribution is 6.04. The van der Waals surface area contributed by atoms with Gasteiger partial charge >= 0.3 is 11.9 Å². The summed E-state index contributed by atoms with van der Waals surface area (Å²) in [5.41, 5.74) is 1.31. The summed E-state index contributed by atoms with van der Waals surface area (Å²) < 4.78 is 0. The fourth-order valence-corrected chi connectivity index (χ4v) is 1.84. The molecule has 0 aliphatic rings. The lowest BCUT2D eigenvalue weighted by molar-refractivity contribution is 0.0695. The summed E-state index contributed by atoms with van der Waals surface area (Å²) in [4.78, 5) is 32.3. The number of hydrogen-bond acceptors (Lipinski definition) is 3. The second kappa shape index (κ2) is 9.05. The van der Waals surface area contributed by atoms with Crippen LogP contribution in [-0.2, 0) is 0 Å². The maximum atomic E-state index is 11.2. The smallest absolute Gasteiger partial charge is 0.335 e. The van der Waals surface area contributed by atoms with Crippen molar-refractivity contribution >= 4 is 17.7 Å². The molecule has 2 N–H and O–H groups in total. The van der Waals surface area contributed by atoms with E-state index in [0.717, 1.165) is 11.6 Å². The van der Waals surface area contributed by atoms with Crippen LogP contribution in [0.15, 0.2) is 60.7 Å². The Labute approximate surface area is 139 Å². The van der Waals surface area contributed by atoms with Crippen LogP contribution in [-0.4, -0.2) is 27.9 Å². The largest absolute Gasteiger partial charge is 0.478 e. The van der Waals surface area contributed by atoms with E-state index in [1.165, 1.54) is 12.1 Å². The number of carboxylic acids is 2. The Bertz CT molecular complexity index is 761. The zero-order valence-electron chi connectivity index (χ0n) is 13.4. The molecule has 0 spiro atoms. The quantitative estimate of drug-likeness (QED) is 0.658. The molecular weight excluding hydrogens is 308 g/mol. The van der Waals surface area contributed by atoms with Crippen molar-refractivity contribution in [3.63, 3.8) is 0 Å². The van der Waals surface area contributed by atoms with E-state index in [1.807, 2.05) is 37.3 Å². The van der Waals surface area contributed by atoms with Crippen LogP contribution in [0.25, 0.3) is 0 Å². The SMILES string of the molecule is C/C=C/C(=O)c1ccccc1.Cc1ccc(C(=O)O)cc1C(=O)O. The van der Waals surface area contributed by atoms with Gasteiger partial charge in [-0.15, -0.1) is 0 Å². The topological polar surface area (TPSA) is 91.7 Å². The maximum Gasteiger partial charge on any atom is 0.335 e. The summed E-state index contributed by atoms with van der Waals surface area (Å²) in [6.07, 6.45) is 3.31. The zero-order valence-corrected chi connectivity index (χ0v) is 13.4. The first kappa shape index (κ1) is 18.8. The summed E-state index contributed by atoms with van der Waals surface area (Å²) >= 11 is 0. The molecule has 0 saturated carbocycles. The predicted octanol–water partition coefficient (Wildman–Crippen LogP) is 3.84. The van der Waals surface area contributed by atoms with Crippen molar-refractivity contribution in [2.45, 2.75) is 13.8 Å². The van der Waals surface area contributed by atoms with Crippen molar-refractivity contribution in [1.29, 1.82) is 0 Å². The van der Waals surface area contributed by atoms with E-state index in [4.69, 9.17) is 10.2 Å². The van der Waals surface area contributed by atoms with E-state index in [-0.39, 0.29) is 16.9 Å². The third-order valence-corrected chi connectivity index (χ3v) is 3.09. The molecule has 0 heterocycles. The summed E-state index contributed by atoms with van der Waals surface area (Å²) in [5.74, 6) is -2.17. The van der Waals surface area contributed by atoms with Crippen molar-refractivity contribution in [2.75, 3.05) is 0 Å². The summed E-state index contributed by atoms with van der Waals surface area (Å²) in [6, 6.07) is 13.2. The third-order valence-electron chi connectivity index (χ3n) is 3.09. The van der Waals surface area contributed by atoms with E-state index >= 15 is 0 Å². The summed E-state index contributed by atoms with van der Waals surface area (Å²) in [6.45, 7) is 3.45. The Morgan fingerprint density at radius 2 is 1.50 bits per heavy atom. The average Bonchev–Trinajstić information content (AvgIpc) is 2.56. The van der Waals surface area contributed by atoms with Gasteiger partial charge in [0.2, 0.25) is 0 Å². The maximum absolute atomic E-state index is 11.2. The molecule has 24 heavy (non-hydrogen) atoms. The summed E-state index contributed by atoms with van der Waals surface area (Å²) in [7, 11) is 0. The highest BCUT2D eigenvalue weighted by Crippen LogP contribution is 2.11. The Balaban J connectivity index is 0.000000243. The Morgan fingerprint density at radius 3 is 2.00 bits per heavy atom. The lowest BCUT2D eigenvalue weighted by Crippen LogP contribution is -2.03. The number of carboxylic acid groups (broad SMARTS) is 2. The van der Waals surface area contributed by atoms with Gasteiger partial charge in [-0.1, -0.05) is 42.5 Å². The van der Waals surface area contributed by atoms with E-state index in [0.29, 0.717) is 5.56 Å². The lowest BCUT2D eigenvalue weighted by atomic mass is 10.1. The second-order valence-electron chi connectivity index (χ2n) is 4.87. The minimum atomic E-state index is -1.12. The van der Waals surface area contributed by atoms with Crippen LogP contribution in [0, 0.1) is 6.92 Å². The first-order valence-corrected chi connectivity index (χ1v) is 7.16. The standard InChI is InChI=1S/C10H10O.C9H8O4/c1-2-6-10(11)9-7-4-3-5-8-9;1-5-2-3-6(8(10)11)4-7(5)9(12)13/h2-8H,1H3;2-4H,1H3,(H,10,11)(H,12,13)/b6-2+;. The second-order valence-corrected chi connectivity index (χ2v) is 4.87. The van der Waals surface area contributed by atoms with Crippen LogP contribution in [0.1, 0.15) is 43.6 Å². The van der Waals surface area contributed by atoms with Crippen molar-refractivity contribution < 1.29 is 24.6 Å². The van der Waals surface area contributed by atoms with E-state index in [9.17, 15) is 14.4 Å². The van der Waals surface area contributed by atoms with Crippen LogP contribution < -0.4 is 0 Å². The monoisotopic (exact) mass is 326 g/mol. The van der Waals surface area contributed by atoms with Gasteiger partial charge in [0.05, 0.1) is 11.1 Å². The van der Waals surface area contributed by atoms with Crippen LogP contribution >= 0.6 is 0 Å². The highest BCUT2D eigenvalue weighted by Gasteiger charge is 2.10. The van der Waals surface area contributed by atoms with Gasteiger partial charge in [0.25, 0.3) is 0 Å². The fraction of sp³-hybridized carbons (Fsp3) is 0.105. The fourth-order valence-electron chi connectivity index (χ4n) is 1.84. The molecule has 0 amide bonds. The van der Waals surface area contributed by atoms with Crippen molar-refractivity contribution in [1.82, 2.24) is 0 Å². The molecule has 0 fully saturated rings. The molecule has 5 heteroatoms. The number of hydrogen-bond donors (Lipinski definition) is 2. The zero-order chi connectivity index (χ0) is 18.1. The third kappa shape index (κ3) is 5.53. The molecule has 5 nitrogen and oxygen atoms in total. The van der Waals surface area contributed by atoms with Gasteiger partial charge in [-0.05, 0) is 37.6 Å².